The van der Waals surface area contributed by atoms with E-state index >= 15 is 0 Å². The van der Waals surface area contributed by atoms with Crippen molar-refractivity contribution in [3.8, 4) is 11.5 Å². The molecule has 0 unspecified atom stereocenters. The monoisotopic (exact) mass is 499 g/mol. The summed E-state index contributed by atoms with van der Waals surface area (Å²) >= 11 is 0. The fraction of sp³-hybridized carbons (Fsp3) is 0.296. The van der Waals surface area contributed by atoms with Gasteiger partial charge in [0.2, 0.25) is 11.9 Å². The summed E-state index contributed by atoms with van der Waals surface area (Å²) in [5.41, 5.74) is 3.80. The topological polar surface area (TPSA) is 138 Å². The lowest BCUT2D eigenvalue weighted by Crippen LogP contribution is -2.19. The first-order valence-corrected chi connectivity index (χ1v) is 12.1. The summed E-state index contributed by atoms with van der Waals surface area (Å²) in [6.07, 6.45) is 2.75. The summed E-state index contributed by atoms with van der Waals surface area (Å²) in [5.74, 6) is 1.67. The fourth-order valence-corrected chi connectivity index (χ4v) is 4.02. The Balaban J connectivity index is 1.49. The van der Waals surface area contributed by atoms with Crippen LogP contribution in [-0.2, 0) is 16.6 Å². The quantitative estimate of drug-likeness (QED) is 0.287. The Morgan fingerprint density at radius 2 is 1.92 bits per heavy atom. The van der Waals surface area contributed by atoms with Crippen molar-refractivity contribution < 1.29 is 14.4 Å². The van der Waals surface area contributed by atoms with E-state index in [2.05, 4.69) is 31.1 Å². The van der Waals surface area contributed by atoms with Gasteiger partial charge in [-0.05, 0) is 35.7 Å². The number of carbonyl (C=O) groups is 1. The molecule has 4 N–H and O–H groups in total. The van der Waals surface area contributed by atoms with Gasteiger partial charge in [0.1, 0.15) is 11.4 Å². The molecule has 3 heterocycles. The second-order valence-corrected chi connectivity index (χ2v) is 9.96. The molecule has 0 bridgehead atoms. The molecule has 0 aliphatic carbocycles. The van der Waals surface area contributed by atoms with Crippen LogP contribution in [0, 0.1) is 0 Å². The van der Waals surface area contributed by atoms with Crippen LogP contribution in [0.15, 0.2) is 59.3 Å². The summed E-state index contributed by atoms with van der Waals surface area (Å²) in [6.45, 7) is 5.87. The zero-order valence-electron chi connectivity index (χ0n) is 20.9. The van der Waals surface area contributed by atoms with Crippen molar-refractivity contribution in [1.29, 1.82) is 0 Å². The maximum absolute atomic E-state index is 11.7. The Morgan fingerprint density at radius 1 is 1.11 bits per heavy atom. The predicted octanol–water partition coefficient (Wildman–Crippen LogP) is 4.60. The number of anilines is 4. The number of hydrogen-bond donors (Lipinski definition) is 4. The number of nitrogens with zero attached hydrogens (tertiary/aromatic N) is 4. The molecule has 1 atom stereocenters. The Kier molecular flexibility index (Phi) is 6.58. The third-order valence-electron chi connectivity index (χ3n) is 6.07. The standard InChI is InChI=1S/C27H29N7O3/c1-27(2,3)25-33-24(37-34-25)19-14-28-26(29-18-10-11-20-17(13-18)9-12-22(36)30-20)32-23(19)31-21(15-35)16-7-5-4-6-8-16/h4-8,10-11,13-14,21,35H,9,12,15H2,1-3H3,(H,30,36)(H2,28,29,31,32)/t21-/m1/s1. The number of aryl methyl sites for hydroxylation is 1. The number of aliphatic hydroxyl groups excluding tert-OH is 1. The van der Waals surface area contributed by atoms with E-state index in [9.17, 15) is 9.90 Å². The van der Waals surface area contributed by atoms with Gasteiger partial charge in [0.25, 0.3) is 5.89 Å². The number of fused-ring (bicyclic) bond motifs is 1. The lowest BCUT2D eigenvalue weighted by Gasteiger charge is -2.20. The van der Waals surface area contributed by atoms with E-state index in [0.29, 0.717) is 36.0 Å². The smallest absolute Gasteiger partial charge is 0.263 e. The second-order valence-electron chi connectivity index (χ2n) is 9.96. The van der Waals surface area contributed by atoms with Crippen LogP contribution in [0.4, 0.5) is 23.1 Å². The van der Waals surface area contributed by atoms with Crippen LogP contribution in [0.25, 0.3) is 11.5 Å². The molecule has 190 valence electrons. The second kappa shape index (κ2) is 9.98. The molecule has 0 fully saturated rings. The minimum atomic E-state index is -0.417. The average molecular weight is 500 g/mol. The molecule has 37 heavy (non-hydrogen) atoms. The number of rotatable bonds is 7. The van der Waals surface area contributed by atoms with Gasteiger partial charge < -0.3 is 25.6 Å². The number of aliphatic hydroxyl groups is 1. The molecule has 4 aromatic rings. The van der Waals surface area contributed by atoms with Crippen LogP contribution in [0.5, 0.6) is 0 Å². The molecule has 1 aliphatic rings. The Hall–Kier alpha value is -4.31. The molecule has 0 radical (unpaired) electrons. The highest BCUT2D eigenvalue weighted by Gasteiger charge is 2.25. The average Bonchev–Trinajstić information content (AvgIpc) is 3.39. The molecular formula is C27H29N7O3. The van der Waals surface area contributed by atoms with E-state index in [1.54, 1.807) is 6.20 Å². The Morgan fingerprint density at radius 3 is 2.65 bits per heavy atom. The number of amides is 1. The van der Waals surface area contributed by atoms with Crippen LogP contribution in [0.3, 0.4) is 0 Å². The SMILES string of the molecule is CC(C)(C)c1noc(-c2cnc(Nc3ccc4c(c3)CCC(=O)N4)nc2N[C@H](CO)c2ccccc2)n1. The lowest BCUT2D eigenvalue weighted by atomic mass is 9.96. The van der Waals surface area contributed by atoms with E-state index in [4.69, 9.17) is 9.51 Å². The summed E-state index contributed by atoms with van der Waals surface area (Å²) in [5, 5.41) is 23.7. The van der Waals surface area contributed by atoms with Crippen molar-refractivity contribution in [2.45, 2.75) is 45.1 Å². The van der Waals surface area contributed by atoms with Gasteiger partial charge in [0.05, 0.1) is 12.6 Å². The van der Waals surface area contributed by atoms with E-state index in [0.717, 1.165) is 22.5 Å². The zero-order chi connectivity index (χ0) is 26.0. The summed E-state index contributed by atoms with van der Waals surface area (Å²) < 4.78 is 5.57. The number of benzene rings is 2. The highest BCUT2D eigenvalue weighted by atomic mass is 16.5. The lowest BCUT2D eigenvalue weighted by molar-refractivity contribution is -0.116. The van der Waals surface area contributed by atoms with Crippen molar-refractivity contribution in [3.05, 3.63) is 71.7 Å². The first-order valence-electron chi connectivity index (χ1n) is 12.1. The maximum atomic E-state index is 11.7. The van der Waals surface area contributed by atoms with Gasteiger partial charge in [-0.1, -0.05) is 56.3 Å². The summed E-state index contributed by atoms with van der Waals surface area (Å²) in [4.78, 5) is 25.4. The van der Waals surface area contributed by atoms with Crippen molar-refractivity contribution in [2.24, 2.45) is 0 Å². The van der Waals surface area contributed by atoms with Crippen LogP contribution in [0.2, 0.25) is 0 Å². The fourth-order valence-electron chi connectivity index (χ4n) is 4.02. The molecular weight excluding hydrogens is 470 g/mol. The Labute approximate surface area is 214 Å². The van der Waals surface area contributed by atoms with Gasteiger partial charge in [-0.15, -0.1) is 0 Å². The highest BCUT2D eigenvalue weighted by molar-refractivity contribution is 5.94. The van der Waals surface area contributed by atoms with Crippen molar-refractivity contribution in [3.63, 3.8) is 0 Å². The number of nitrogens with one attached hydrogen (secondary N) is 3. The molecule has 2 aromatic carbocycles. The number of hydrogen-bond acceptors (Lipinski definition) is 9. The van der Waals surface area contributed by atoms with Crippen molar-refractivity contribution >= 4 is 29.0 Å². The van der Waals surface area contributed by atoms with E-state index in [1.807, 2.05) is 69.3 Å². The first-order chi connectivity index (χ1) is 17.8. The zero-order valence-corrected chi connectivity index (χ0v) is 20.9. The number of carbonyl (C=O) groups excluding carboxylic acids is 1. The molecule has 10 nitrogen and oxygen atoms in total. The van der Waals surface area contributed by atoms with Gasteiger partial charge in [0, 0.05) is 29.4 Å². The molecule has 10 heteroatoms. The third-order valence-corrected chi connectivity index (χ3v) is 6.07. The van der Waals surface area contributed by atoms with Gasteiger partial charge >= 0.3 is 0 Å². The van der Waals surface area contributed by atoms with Gasteiger partial charge in [0.15, 0.2) is 5.82 Å². The van der Waals surface area contributed by atoms with Crippen molar-refractivity contribution in [2.75, 3.05) is 22.6 Å². The molecule has 5 rings (SSSR count). The van der Waals surface area contributed by atoms with Crippen LogP contribution >= 0.6 is 0 Å². The molecule has 0 saturated carbocycles. The van der Waals surface area contributed by atoms with E-state index in [-0.39, 0.29) is 23.8 Å². The summed E-state index contributed by atoms with van der Waals surface area (Å²) in [7, 11) is 0. The van der Waals surface area contributed by atoms with Crippen LogP contribution in [0.1, 0.15) is 50.2 Å². The highest BCUT2D eigenvalue weighted by Crippen LogP contribution is 2.32. The largest absolute Gasteiger partial charge is 0.394 e. The molecule has 0 saturated heterocycles. The van der Waals surface area contributed by atoms with Gasteiger partial charge in [-0.2, -0.15) is 9.97 Å². The molecule has 1 aliphatic heterocycles. The first kappa shape index (κ1) is 24.4. The number of aromatic nitrogens is 4. The molecule has 2 aromatic heterocycles. The van der Waals surface area contributed by atoms with Crippen molar-refractivity contribution in [1.82, 2.24) is 20.1 Å². The predicted molar refractivity (Wildman–Crippen MR) is 141 cm³/mol. The minimum absolute atomic E-state index is 0.0235. The van der Waals surface area contributed by atoms with Crippen LogP contribution < -0.4 is 16.0 Å². The minimum Gasteiger partial charge on any atom is -0.394 e. The normalized spacial score (nSPS) is 14.0. The third kappa shape index (κ3) is 5.44. The Bertz CT molecular complexity index is 1410. The van der Waals surface area contributed by atoms with Gasteiger partial charge in [-0.25, -0.2) is 4.98 Å². The van der Waals surface area contributed by atoms with Gasteiger partial charge in [-0.3, -0.25) is 4.79 Å². The van der Waals surface area contributed by atoms with E-state index in [1.165, 1.54) is 0 Å². The maximum Gasteiger partial charge on any atom is 0.263 e. The summed E-state index contributed by atoms with van der Waals surface area (Å²) in [6, 6.07) is 14.9. The van der Waals surface area contributed by atoms with Crippen LogP contribution in [-0.4, -0.2) is 37.7 Å². The molecule has 1 amide bonds. The van der Waals surface area contributed by atoms with E-state index < -0.39 is 6.04 Å². The molecule has 0 spiro atoms.